The molecule has 1 heterocycles. The Morgan fingerprint density at radius 1 is 1.44 bits per heavy atom. The van der Waals surface area contributed by atoms with Crippen molar-refractivity contribution in [3.63, 3.8) is 0 Å². The lowest BCUT2D eigenvalue weighted by atomic mass is 9.96. The van der Waals surface area contributed by atoms with Crippen molar-refractivity contribution in [2.24, 2.45) is 5.92 Å². The lowest BCUT2D eigenvalue weighted by molar-refractivity contribution is -0.136. The van der Waals surface area contributed by atoms with Gasteiger partial charge in [0.2, 0.25) is 5.91 Å². The van der Waals surface area contributed by atoms with Crippen LogP contribution in [0.4, 0.5) is 0 Å². The van der Waals surface area contributed by atoms with E-state index in [0.29, 0.717) is 0 Å². The third-order valence-corrected chi connectivity index (χ3v) is 8.64. The van der Waals surface area contributed by atoms with Crippen molar-refractivity contribution in [2.45, 2.75) is 57.4 Å². The van der Waals surface area contributed by atoms with E-state index < -0.39 is 8.32 Å². The second-order valence-corrected chi connectivity index (χ2v) is 11.2. The normalized spacial score (nSPS) is 28.3. The fourth-order valence-corrected chi connectivity index (χ4v) is 3.38. The zero-order chi connectivity index (χ0) is 12.7. The third kappa shape index (κ3) is 2.60. The predicted molar refractivity (Wildman–Crippen MR) is 69.0 cm³/mol. The molecular formula is C11H22ClNO2Si. The van der Waals surface area contributed by atoms with E-state index in [-0.39, 0.29) is 28.5 Å². The largest absolute Gasteiger partial charge is 0.413 e. The zero-order valence-corrected chi connectivity index (χ0v) is 12.7. The van der Waals surface area contributed by atoms with Gasteiger partial charge in [0.25, 0.3) is 0 Å². The van der Waals surface area contributed by atoms with Crippen LogP contribution < -0.4 is 5.32 Å². The fourth-order valence-electron chi connectivity index (χ4n) is 1.52. The Bertz CT molecular complexity index is 288. The molecule has 0 radical (unpaired) electrons. The van der Waals surface area contributed by atoms with Crippen LogP contribution in [0.3, 0.4) is 0 Å². The first-order valence-corrected chi connectivity index (χ1v) is 9.03. The molecule has 3 atom stereocenters. The molecule has 0 saturated carbocycles. The van der Waals surface area contributed by atoms with E-state index in [1.807, 2.05) is 6.92 Å². The summed E-state index contributed by atoms with van der Waals surface area (Å²) >= 11 is 5.95. The molecule has 0 spiro atoms. The lowest BCUT2D eigenvalue weighted by Crippen LogP contribution is -2.61. The maximum absolute atomic E-state index is 11.4. The highest BCUT2D eigenvalue weighted by molar-refractivity contribution is 6.74. The quantitative estimate of drug-likeness (QED) is 0.368. The summed E-state index contributed by atoms with van der Waals surface area (Å²) in [6.07, 6.45) is -0.0999. The Labute approximate surface area is 104 Å². The molecule has 0 unspecified atom stereocenters. The maximum atomic E-state index is 11.4. The molecule has 0 aromatic carbocycles. The SMILES string of the molecule is C[C@@H](O[Si](C)(C)C(C)(C)C)[C@H]1C(=O)N[C@@H]1Cl. The summed E-state index contributed by atoms with van der Waals surface area (Å²) in [5.74, 6) is -0.193. The Kier molecular flexibility index (Phi) is 3.77. The summed E-state index contributed by atoms with van der Waals surface area (Å²) < 4.78 is 6.14. The Morgan fingerprint density at radius 2 is 1.94 bits per heavy atom. The molecule has 94 valence electrons. The van der Waals surface area contributed by atoms with Crippen molar-refractivity contribution in [2.75, 3.05) is 0 Å². The molecule has 0 aromatic heterocycles. The molecule has 1 saturated heterocycles. The number of nitrogens with one attached hydrogen (secondary N) is 1. The molecule has 1 rings (SSSR count). The van der Waals surface area contributed by atoms with Crippen molar-refractivity contribution in [3.05, 3.63) is 0 Å². The predicted octanol–water partition coefficient (Wildman–Crippen LogP) is 2.71. The summed E-state index contributed by atoms with van der Waals surface area (Å²) in [4.78, 5) is 11.4. The van der Waals surface area contributed by atoms with Crippen LogP contribution in [-0.2, 0) is 9.22 Å². The van der Waals surface area contributed by atoms with E-state index in [4.69, 9.17) is 16.0 Å². The number of alkyl halides is 1. The first-order valence-electron chi connectivity index (χ1n) is 5.68. The summed E-state index contributed by atoms with van der Waals surface area (Å²) in [5, 5.41) is 2.78. The van der Waals surface area contributed by atoms with Crippen LogP contribution in [-0.4, -0.2) is 25.8 Å². The minimum absolute atomic E-state index is 0.00575. The van der Waals surface area contributed by atoms with Gasteiger partial charge in [0.15, 0.2) is 8.32 Å². The molecule has 3 nitrogen and oxygen atoms in total. The molecule has 16 heavy (non-hydrogen) atoms. The molecule has 0 bridgehead atoms. The van der Waals surface area contributed by atoms with Crippen LogP contribution in [0.1, 0.15) is 27.7 Å². The number of carbonyl (C=O) groups is 1. The Morgan fingerprint density at radius 3 is 2.25 bits per heavy atom. The monoisotopic (exact) mass is 263 g/mol. The average molecular weight is 264 g/mol. The van der Waals surface area contributed by atoms with Crippen molar-refractivity contribution in [1.82, 2.24) is 5.32 Å². The highest BCUT2D eigenvalue weighted by Gasteiger charge is 2.46. The van der Waals surface area contributed by atoms with Crippen LogP contribution >= 0.6 is 11.6 Å². The first kappa shape index (κ1) is 14.0. The van der Waals surface area contributed by atoms with Gasteiger partial charge in [0.05, 0.1) is 12.0 Å². The maximum Gasteiger partial charge on any atom is 0.230 e. The van der Waals surface area contributed by atoms with Crippen molar-refractivity contribution in [1.29, 1.82) is 0 Å². The van der Waals surface area contributed by atoms with Crippen LogP contribution in [0.25, 0.3) is 0 Å². The molecule has 1 aliphatic rings. The molecule has 0 aromatic rings. The average Bonchev–Trinajstić information content (AvgIpc) is 1.99. The van der Waals surface area contributed by atoms with E-state index in [9.17, 15) is 4.79 Å². The molecule has 0 aliphatic carbocycles. The van der Waals surface area contributed by atoms with Crippen molar-refractivity contribution >= 4 is 25.8 Å². The van der Waals surface area contributed by atoms with Gasteiger partial charge < -0.3 is 9.74 Å². The van der Waals surface area contributed by atoms with E-state index in [1.54, 1.807) is 0 Å². The Balaban J connectivity index is 2.64. The highest BCUT2D eigenvalue weighted by Crippen LogP contribution is 2.39. The van der Waals surface area contributed by atoms with Gasteiger partial charge in [0.1, 0.15) is 5.50 Å². The molecule has 1 N–H and O–H groups in total. The molecule has 1 aliphatic heterocycles. The molecular weight excluding hydrogens is 242 g/mol. The first-order chi connectivity index (χ1) is 7.06. The van der Waals surface area contributed by atoms with Crippen LogP contribution in [0.2, 0.25) is 18.1 Å². The standard InChI is InChI=1S/C11H22ClNO2Si/c1-7(8-9(12)13-10(8)14)15-16(5,6)11(2,3)4/h7-9H,1-6H3,(H,13,14)/t7-,8-,9+/m1/s1. The summed E-state index contributed by atoms with van der Waals surface area (Å²) in [6, 6.07) is 0. The summed E-state index contributed by atoms with van der Waals surface area (Å²) in [5.41, 5.74) is -0.271. The van der Waals surface area contributed by atoms with Gasteiger partial charge in [-0.1, -0.05) is 32.4 Å². The number of rotatable bonds is 3. The number of hydrogen-bond acceptors (Lipinski definition) is 2. The van der Waals surface area contributed by atoms with Crippen molar-refractivity contribution in [3.8, 4) is 0 Å². The van der Waals surface area contributed by atoms with E-state index in [1.165, 1.54) is 0 Å². The van der Waals surface area contributed by atoms with Crippen molar-refractivity contribution < 1.29 is 9.22 Å². The number of hydrogen-bond donors (Lipinski definition) is 1. The van der Waals surface area contributed by atoms with Crippen LogP contribution in [0, 0.1) is 5.92 Å². The topological polar surface area (TPSA) is 38.3 Å². The van der Waals surface area contributed by atoms with Gasteiger partial charge in [-0.05, 0) is 25.1 Å². The van der Waals surface area contributed by atoms with E-state index in [0.717, 1.165) is 0 Å². The smallest absolute Gasteiger partial charge is 0.230 e. The van der Waals surface area contributed by atoms with Gasteiger partial charge in [-0.25, -0.2) is 0 Å². The highest BCUT2D eigenvalue weighted by atomic mass is 35.5. The van der Waals surface area contributed by atoms with E-state index in [2.05, 4.69) is 39.2 Å². The number of carbonyl (C=O) groups excluding carboxylic acids is 1. The molecule has 1 amide bonds. The fraction of sp³-hybridized carbons (Fsp3) is 0.909. The second-order valence-electron chi connectivity index (χ2n) is 6.02. The minimum atomic E-state index is -1.81. The second kappa shape index (κ2) is 4.31. The van der Waals surface area contributed by atoms with Gasteiger partial charge in [0, 0.05) is 0 Å². The zero-order valence-electron chi connectivity index (χ0n) is 10.9. The van der Waals surface area contributed by atoms with Gasteiger partial charge in [-0.15, -0.1) is 0 Å². The minimum Gasteiger partial charge on any atom is -0.413 e. The third-order valence-electron chi connectivity index (χ3n) is 3.69. The van der Waals surface area contributed by atoms with E-state index >= 15 is 0 Å². The Hall–Kier alpha value is -0.0631. The van der Waals surface area contributed by atoms with Crippen LogP contribution in [0.15, 0.2) is 0 Å². The van der Waals surface area contributed by atoms with Gasteiger partial charge >= 0.3 is 0 Å². The molecule has 1 fully saturated rings. The van der Waals surface area contributed by atoms with Gasteiger partial charge in [-0.2, -0.15) is 0 Å². The summed E-state index contributed by atoms with van der Waals surface area (Å²) in [7, 11) is -1.81. The summed E-state index contributed by atoms with van der Waals surface area (Å²) in [6.45, 7) is 12.9. The molecule has 5 heteroatoms. The number of β-lactam (4-membered cyclic amide) rings is 1. The number of amides is 1. The lowest BCUT2D eigenvalue weighted by Gasteiger charge is -2.43. The number of halogens is 1. The van der Waals surface area contributed by atoms with Crippen LogP contribution in [0.5, 0.6) is 0 Å². The van der Waals surface area contributed by atoms with Gasteiger partial charge in [-0.3, -0.25) is 4.79 Å².